The maximum atomic E-state index is 9.33. The smallest absolute Gasteiger partial charge is 0.0781 e. The second-order valence-corrected chi connectivity index (χ2v) is 4.43. The zero-order chi connectivity index (χ0) is 12.4. The predicted molar refractivity (Wildman–Crippen MR) is 65.7 cm³/mol. The van der Waals surface area contributed by atoms with Crippen LogP contribution in [0.3, 0.4) is 0 Å². The molecule has 0 bridgehead atoms. The highest BCUT2D eigenvalue weighted by molar-refractivity contribution is 4.82. The molecule has 0 fully saturated rings. The van der Waals surface area contributed by atoms with E-state index in [-0.39, 0.29) is 18.2 Å². The molecule has 0 spiro atoms. The van der Waals surface area contributed by atoms with Gasteiger partial charge in [0, 0.05) is 6.61 Å². The summed E-state index contributed by atoms with van der Waals surface area (Å²) in [6.45, 7) is 10.8. The molecule has 0 aromatic rings. The van der Waals surface area contributed by atoms with Crippen molar-refractivity contribution in [1.82, 2.24) is 5.32 Å². The number of aliphatic hydroxyl groups is 1. The third kappa shape index (κ3) is 7.17. The summed E-state index contributed by atoms with van der Waals surface area (Å²) in [5.74, 6) is 0. The topological polar surface area (TPSA) is 50.7 Å². The third-order valence-corrected chi connectivity index (χ3v) is 2.39. The van der Waals surface area contributed by atoms with E-state index in [4.69, 9.17) is 9.47 Å². The number of hydrogen-bond donors (Lipinski definition) is 2. The summed E-state index contributed by atoms with van der Waals surface area (Å²) >= 11 is 0. The molecule has 0 saturated heterocycles. The first-order chi connectivity index (χ1) is 7.58. The lowest BCUT2D eigenvalue weighted by Crippen LogP contribution is -2.50. The van der Waals surface area contributed by atoms with E-state index in [1.807, 2.05) is 20.8 Å². The molecular formula is C12H27NO3. The van der Waals surface area contributed by atoms with Crippen molar-refractivity contribution in [3.63, 3.8) is 0 Å². The Morgan fingerprint density at radius 1 is 1.38 bits per heavy atom. The predicted octanol–water partition coefficient (Wildman–Crippen LogP) is 1.18. The molecule has 16 heavy (non-hydrogen) atoms. The molecule has 0 aliphatic carbocycles. The van der Waals surface area contributed by atoms with Gasteiger partial charge in [-0.25, -0.2) is 0 Å². The van der Waals surface area contributed by atoms with Gasteiger partial charge in [-0.05, 0) is 33.7 Å². The Labute approximate surface area is 99.3 Å². The molecular weight excluding hydrogens is 206 g/mol. The molecule has 0 aliphatic heterocycles. The molecule has 2 unspecified atom stereocenters. The van der Waals surface area contributed by atoms with Crippen molar-refractivity contribution in [3.05, 3.63) is 0 Å². The van der Waals surface area contributed by atoms with Crippen LogP contribution in [0.1, 0.15) is 34.1 Å². The molecule has 4 nitrogen and oxygen atoms in total. The Morgan fingerprint density at radius 3 is 2.56 bits per heavy atom. The fourth-order valence-electron chi connectivity index (χ4n) is 1.24. The van der Waals surface area contributed by atoms with Crippen LogP contribution in [0.25, 0.3) is 0 Å². The first kappa shape index (κ1) is 15.8. The van der Waals surface area contributed by atoms with Crippen LogP contribution in [0, 0.1) is 0 Å². The number of hydrogen-bond acceptors (Lipinski definition) is 4. The molecule has 2 atom stereocenters. The van der Waals surface area contributed by atoms with Gasteiger partial charge in [-0.3, -0.25) is 0 Å². The van der Waals surface area contributed by atoms with Gasteiger partial charge in [0.2, 0.25) is 0 Å². The van der Waals surface area contributed by atoms with Gasteiger partial charge in [0.25, 0.3) is 0 Å². The van der Waals surface area contributed by atoms with Gasteiger partial charge in [-0.15, -0.1) is 0 Å². The van der Waals surface area contributed by atoms with Gasteiger partial charge in [-0.2, -0.15) is 0 Å². The highest BCUT2D eigenvalue weighted by atomic mass is 16.5. The molecule has 0 aromatic heterocycles. The van der Waals surface area contributed by atoms with Crippen LogP contribution in [0.4, 0.5) is 0 Å². The largest absolute Gasteiger partial charge is 0.394 e. The van der Waals surface area contributed by atoms with Crippen LogP contribution < -0.4 is 5.32 Å². The van der Waals surface area contributed by atoms with E-state index in [1.54, 1.807) is 0 Å². The van der Waals surface area contributed by atoms with E-state index < -0.39 is 0 Å². The molecule has 0 rings (SSSR count). The zero-order valence-corrected chi connectivity index (χ0v) is 11.1. The van der Waals surface area contributed by atoms with E-state index in [2.05, 4.69) is 12.2 Å². The Balaban J connectivity index is 3.83. The molecule has 0 radical (unpaired) electrons. The highest BCUT2D eigenvalue weighted by Crippen LogP contribution is 2.06. The Hall–Kier alpha value is -0.160. The molecule has 0 aliphatic rings. The molecule has 0 saturated carbocycles. The van der Waals surface area contributed by atoms with Crippen molar-refractivity contribution in [2.45, 2.75) is 45.8 Å². The number of ether oxygens (including phenoxy) is 2. The summed E-state index contributed by atoms with van der Waals surface area (Å²) in [5.41, 5.74) is -0.351. The van der Waals surface area contributed by atoms with Crippen molar-refractivity contribution in [3.8, 4) is 0 Å². The second kappa shape index (κ2) is 8.93. The molecule has 0 heterocycles. The highest BCUT2D eigenvalue weighted by Gasteiger charge is 2.23. The van der Waals surface area contributed by atoms with E-state index >= 15 is 0 Å². The maximum absolute atomic E-state index is 9.33. The third-order valence-electron chi connectivity index (χ3n) is 2.39. The van der Waals surface area contributed by atoms with Crippen LogP contribution in [0.5, 0.6) is 0 Å². The van der Waals surface area contributed by atoms with Crippen molar-refractivity contribution >= 4 is 0 Å². The SMILES string of the molecule is CCCNC(C)(CO)COC(C)COCC. The minimum atomic E-state index is -0.351. The fraction of sp³-hybridized carbons (Fsp3) is 1.00. The Morgan fingerprint density at radius 2 is 2.06 bits per heavy atom. The first-order valence-electron chi connectivity index (χ1n) is 6.13. The molecule has 0 amide bonds. The number of nitrogens with one attached hydrogen (secondary N) is 1. The van der Waals surface area contributed by atoms with Crippen molar-refractivity contribution < 1.29 is 14.6 Å². The minimum absolute atomic E-state index is 0.0641. The van der Waals surface area contributed by atoms with Crippen molar-refractivity contribution in [2.75, 3.05) is 33.0 Å². The zero-order valence-electron chi connectivity index (χ0n) is 11.1. The maximum Gasteiger partial charge on any atom is 0.0781 e. The van der Waals surface area contributed by atoms with Crippen molar-refractivity contribution in [1.29, 1.82) is 0 Å². The lowest BCUT2D eigenvalue weighted by molar-refractivity contribution is -0.0352. The lowest BCUT2D eigenvalue weighted by atomic mass is 10.1. The second-order valence-electron chi connectivity index (χ2n) is 4.43. The Kier molecular flexibility index (Phi) is 8.84. The fourth-order valence-corrected chi connectivity index (χ4v) is 1.24. The standard InChI is InChI=1S/C12H27NO3/c1-5-7-13-12(4,9-14)10-16-11(3)8-15-6-2/h11,13-14H,5-10H2,1-4H3. The van der Waals surface area contributed by atoms with Crippen LogP contribution in [-0.2, 0) is 9.47 Å². The van der Waals surface area contributed by atoms with Crippen LogP contribution in [-0.4, -0.2) is 49.7 Å². The van der Waals surface area contributed by atoms with Crippen LogP contribution >= 0.6 is 0 Å². The first-order valence-corrected chi connectivity index (χ1v) is 6.13. The van der Waals surface area contributed by atoms with Gasteiger partial charge in [0.05, 0.1) is 31.5 Å². The van der Waals surface area contributed by atoms with E-state index in [0.717, 1.165) is 13.0 Å². The quantitative estimate of drug-likeness (QED) is 0.595. The van der Waals surface area contributed by atoms with Crippen molar-refractivity contribution in [2.24, 2.45) is 0 Å². The normalized spacial score (nSPS) is 17.1. The molecule has 4 heteroatoms. The monoisotopic (exact) mass is 233 g/mol. The van der Waals surface area contributed by atoms with Gasteiger partial charge in [-0.1, -0.05) is 6.92 Å². The number of aliphatic hydroxyl groups excluding tert-OH is 1. The summed E-state index contributed by atoms with van der Waals surface area (Å²) in [6.07, 6.45) is 1.11. The van der Waals surface area contributed by atoms with E-state index in [0.29, 0.717) is 19.8 Å². The average molecular weight is 233 g/mol. The van der Waals surface area contributed by atoms with Crippen LogP contribution in [0.2, 0.25) is 0 Å². The lowest BCUT2D eigenvalue weighted by Gasteiger charge is -2.30. The summed E-state index contributed by atoms with van der Waals surface area (Å²) in [5, 5.41) is 12.6. The number of rotatable bonds is 10. The summed E-state index contributed by atoms with van der Waals surface area (Å²) in [4.78, 5) is 0. The molecule has 98 valence electrons. The van der Waals surface area contributed by atoms with E-state index in [1.165, 1.54) is 0 Å². The van der Waals surface area contributed by atoms with Gasteiger partial charge in [0.1, 0.15) is 0 Å². The average Bonchev–Trinajstić information content (AvgIpc) is 2.31. The molecule has 0 aromatic carbocycles. The summed E-state index contributed by atoms with van der Waals surface area (Å²) in [6, 6.07) is 0. The van der Waals surface area contributed by atoms with Crippen LogP contribution in [0.15, 0.2) is 0 Å². The van der Waals surface area contributed by atoms with Gasteiger partial charge >= 0.3 is 0 Å². The summed E-state index contributed by atoms with van der Waals surface area (Å²) < 4.78 is 10.9. The minimum Gasteiger partial charge on any atom is -0.394 e. The summed E-state index contributed by atoms with van der Waals surface area (Å²) in [7, 11) is 0. The van der Waals surface area contributed by atoms with Gasteiger partial charge in [0.15, 0.2) is 0 Å². The van der Waals surface area contributed by atoms with E-state index in [9.17, 15) is 5.11 Å². The Bertz CT molecular complexity index is 166. The van der Waals surface area contributed by atoms with Gasteiger partial charge < -0.3 is 19.9 Å². The molecule has 2 N–H and O–H groups in total.